The van der Waals surface area contributed by atoms with Crippen molar-refractivity contribution in [3.63, 3.8) is 0 Å². The standard InChI is InChI=1S/C24H22N2O4/c1-28-17-9-6-15(7-10-17)24-25-19(16-8-11-22-23(12-16)30-14-29-22)13-20(26-24)18-4-2-3-5-21(18)27/h2-13,20,24-27H,14H2,1H3. The molecule has 5 rings (SSSR count). The van der Waals surface area contributed by atoms with Gasteiger partial charge in [0.2, 0.25) is 6.79 Å². The summed E-state index contributed by atoms with van der Waals surface area (Å²) in [6.45, 7) is 0.238. The van der Waals surface area contributed by atoms with E-state index in [1.807, 2.05) is 60.7 Å². The molecule has 0 saturated heterocycles. The van der Waals surface area contributed by atoms with Crippen LogP contribution in [0.15, 0.2) is 72.8 Å². The predicted octanol–water partition coefficient (Wildman–Crippen LogP) is 4.10. The van der Waals surface area contributed by atoms with Crippen LogP contribution in [0.1, 0.15) is 28.9 Å². The van der Waals surface area contributed by atoms with Crippen molar-refractivity contribution in [3.8, 4) is 23.0 Å². The van der Waals surface area contributed by atoms with Crippen LogP contribution in [-0.2, 0) is 0 Å². The first kappa shape index (κ1) is 18.4. The fraction of sp³-hybridized carbons (Fsp3) is 0.167. The first-order valence-corrected chi connectivity index (χ1v) is 9.77. The maximum absolute atomic E-state index is 10.4. The minimum atomic E-state index is -0.181. The maximum Gasteiger partial charge on any atom is 0.231 e. The zero-order valence-electron chi connectivity index (χ0n) is 16.5. The molecule has 6 nitrogen and oxygen atoms in total. The molecule has 2 aliphatic rings. The van der Waals surface area contributed by atoms with Gasteiger partial charge in [-0.3, -0.25) is 5.32 Å². The minimum absolute atomic E-state index is 0.161. The molecule has 0 spiro atoms. The van der Waals surface area contributed by atoms with Crippen LogP contribution in [0.5, 0.6) is 23.0 Å². The van der Waals surface area contributed by atoms with Gasteiger partial charge in [-0.25, -0.2) is 0 Å². The highest BCUT2D eigenvalue weighted by molar-refractivity contribution is 5.69. The third-order valence-electron chi connectivity index (χ3n) is 5.38. The molecule has 2 aliphatic heterocycles. The molecule has 2 heterocycles. The molecule has 0 fully saturated rings. The number of hydrogen-bond acceptors (Lipinski definition) is 6. The first-order chi connectivity index (χ1) is 14.7. The van der Waals surface area contributed by atoms with Crippen molar-refractivity contribution in [2.75, 3.05) is 13.9 Å². The Morgan fingerprint density at radius 2 is 1.77 bits per heavy atom. The highest BCUT2D eigenvalue weighted by Gasteiger charge is 2.26. The quantitative estimate of drug-likeness (QED) is 0.610. The molecule has 2 atom stereocenters. The maximum atomic E-state index is 10.4. The molecule has 152 valence electrons. The largest absolute Gasteiger partial charge is 0.508 e. The first-order valence-electron chi connectivity index (χ1n) is 9.77. The Hall–Kier alpha value is -3.64. The van der Waals surface area contributed by atoms with Crippen LogP contribution in [0.3, 0.4) is 0 Å². The highest BCUT2D eigenvalue weighted by Crippen LogP contribution is 2.37. The lowest BCUT2D eigenvalue weighted by atomic mass is 9.97. The lowest BCUT2D eigenvalue weighted by Gasteiger charge is -2.33. The van der Waals surface area contributed by atoms with Crippen LogP contribution in [-0.4, -0.2) is 19.0 Å². The van der Waals surface area contributed by atoms with Gasteiger partial charge >= 0.3 is 0 Å². The summed E-state index contributed by atoms with van der Waals surface area (Å²) < 4.78 is 16.3. The second-order valence-electron chi connectivity index (χ2n) is 7.20. The van der Waals surface area contributed by atoms with Crippen LogP contribution >= 0.6 is 0 Å². The van der Waals surface area contributed by atoms with Crippen molar-refractivity contribution < 1.29 is 19.3 Å². The zero-order chi connectivity index (χ0) is 20.5. The van der Waals surface area contributed by atoms with E-state index in [1.165, 1.54) is 0 Å². The lowest BCUT2D eigenvalue weighted by Crippen LogP contribution is -2.39. The summed E-state index contributed by atoms with van der Waals surface area (Å²) in [7, 11) is 1.65. The molecular weight excluding hydrogens is 380 g/mol. The van der Waals surface area contributed by atoms with Gasteiger partial charge in [-0.05, 0) is 48.0 Å². The summed E-state index contributed by atoms with van der Waals surface area (Å²) >= 11 is 0. The van der Waals surface area contributed by atoms with E-state index in [9.17, 15) is 5.11 Å². The van der Waals surface area contributed by atoms with E-state index in [2.05, 4.69) is 16.7 Å². The number of fused-ring (bicyclic) bond motifs is 1. The van der Waals surface area contributed by atoms with Crippen molar-refractivity contribution in [1.82, 2.24) is 10.6 Å². The van der Waals surface area contributed by atoms with Crippen molar-refractivity contribution >= 4 is 5.70 Å². The number of benzene rings is 3. The minimum Gasteiger partial charge on any atom is -0.508 e. The molecule has 30 heavy (non-hydrogen) atoms. The van der Waals surface area contributed by atoms with Gasteiger partial charge in [-0.2, -0.15) is 0 Å². The Labute approximate surface area is 174 Å². The molecule has 3 aromatic rings. The molecule has 0 aliphatic carbocycles. The fourth-order valence-corrected chi connectivity index (χ4v) is 3.79. The number of ether oxygens (including phenoxy) is 3. The summed E-state index contributed by atoms with van der Waals surface area (Å²) in [5.74, 6) is 2.54. The van der Waals surface area contributed by atoms with E-state index in [-0.39, 0.29) is 24.8 Å². The molecule has 2 unspecified atom stereocenters. The summed E-state index contributed by atoms with van der Waals surface area (Å²) in [5, 5.41) is 17.6. The summed E-state index contributed by atoms with van der Waals surface area (Å²) in [6, 6.07) is 21.0. The van der Waals surface area contributed by atoms with Gasteiger partial charge < -0.3 is 24.6 Å². The Kier molecular flexibility index (Phi) is 4.69. The number of rotatable bonds is 4. The Balaban J connectivity index is 1.54. The van der Waals surface area contributed by atoms with Crippen molar-refractivity contribution in [2.24, 2.45) is 0 Å². The summed E-state index contributed by atoms with van der Waals surface area (Å²) in [6.07, 6.45) is 1.91. The second kappa shape index (κ2) is 7.65. The third kappa shape index (κ3) is 3.42. The normalized spacial score (nSPS) is 19.7. The molecule has 0 amide bonds. The smallest absolute Gasteiger partial charge is 0.231 e. The van der Waals surface area contributed by atoms with E-state index in [0.717, 1.165) is 39.6 Å². The van der Waals surface area contributed by atoms with Crippen LogP contribution in [0, 0.1) is 0 Å². The Morgan fingerprint density at radius 3 is 2.57 bits per heavy atom. The van der Waals surface area contributed by atoms with Crippen LogP contribution in [0.2, 0.25) is 0 Å². The zero-order valence-corrected chi connectivity index (χ0v) is 16.5. The molecular formula is C24H22N2O4. The molecule has 0 radical (unpaired) electrons. The topological polar surface area (TPSA) is 72.0 Å². The Bertz CT molecular complexity index is 1090. The average molecular weight is 402 g/mol. The number of phenolic OH excluding ortho intramolecular Hbond substituents is 1. The highest BCUT2D eigenvalue weighted by atomic mass is 16.7. The van der Waals surface area contributed by atoms with Gasteiger partial charge in [0.25, 0.3) is 0 Å². The van der Waals surface area contributed by atoms with Crippen molar-refractivity contribution in [2.45, 2.75) is 12.2 Å². The van der Waals surface area contributed by atoms with Crippen molar-refractivity contribution in [3.05, 3.63) is 89.5 Å². The van der Waals surface area contributed by atoms with E-state index in [1.54, 1.807) is 13.2 Å². The SMILES string of the molecule is COc1ccc(C2NC(c3ccc4c(c3)OCO4)=CC(c3ccccc3O)N2)cc1. The van der Waals surface area contributed by atoms with E-state index in [4.69, 9.17) is 14.2 Å². The molecule has 3 N–H and O–H groups in total. The van der Waals surface area contributed by atoms with E-state index in [0.29, 0.717) is 0 Å². The molecule has 0 saturated carbocycles. The lowest BCUT2D eigenvalue weighted by molar-refractivity contribution is 0.174. The second-order valence-corrected chi connectivity index (χ2v) is 7.20. The summed E-state index contributed by atoms with van der Waals surface area (Å²) in [5.41, 5.74) is 3.80. The van der Waals surface area contributed by atoms with E-state index >= 15 is 0 Å². The number of methoxy groups -OCH3 is 1. The number of phenols is 1. The molecule has 6 heteroatoms. The van der Waals surface area contributed by atoms with Crippen LogP contribution in [0.4, 0.5) is 0 Å². The van der Waals surface area contributed by atoms with Crippen molar-refractivity contribution in [1.29, 1.82) is 0 Å². The van der Waals surface area contributed by atoms with E-state index < -0.39 is 0 Å². The van der Waals surface area contributed by atoms with Gasteiger partial charge in [0, 0.05) is 16.8 Å². The number of hydrogen-bond donors (Lipinski definition) is 3. The van der Waals surface area contributed by atoms with Crippen LogP contribution in [0.25, 0.3) is 5.70 Å². The number of nitrogens with one attached hydrogen (secondary N) is 2. The average Bonchev–Trinajstić information content (AvgIpc) is 3.27. The number of aromatic hydroxyl groups is 1. The number of para-hydroxylation sites is 1. The predicted molar refractivity (Wildman–Crippen MR) is 113 cm³/mol. The van der Waals surface area contributed by atoms with Gasteiger partial charge in [0.05, 0.1) is 13.2 Å². The molecule has 0 bridgehead atoms. The van der Waals surface area contributed by atoms with Gasteiger partial charge in [0.15, 0.2) is 11.5 Å². The fourth-order valence-electron chi connectivity index (χ4n) is 3.79. The van der Waals surface area contributed by atoms with Gasteiger partial charge in [-0.1, -0.05) is 30.3 Å². The van der Waals surface area contributed by atoms with Gasteiger partial charge in [0.1, 0.15) is 17.7 Å². The summed E-state index contributed by atoms with van der Waals surface area (Å²) in [4.78, 5) is 0. The van der Waals surface area contributed by atoms with Crippen LogP contribution < -0.4 is 24.8 Å². The molecule has 3 aromatic carbocycles. The monoisotopic (exact) mass is 402 g/mol. The molecule has 0 aromatic heterocycles. The Morgan fingerprint density at radius 1 is 0.967 bits per heavy atom. The van der Waals surface area contributed by atoms with Gasteiger partial charge in [-0.15, -0.1) is 0 Å². The third-order valence-corrected chi connectivity index (χ3v) is 5.38.